The van der Waals surface area contributed by atoms with Crippen LogP contribution in [0.25, 0.3) is 71.3 Å². The molecule has 0 heterocycles. The molecule has 0 aliphatic heterocycles. The lowest BCUT2D eigenvalue weighted by Crippen LogP contribution is -2.11. The van der Waals surface area contributed by atoms with Crippen molar-refractivity contribution in [3.05, 3.63) is 296 Å². The van der Waals surface area contributed by atoms with Crippen LogP contribution in [0.3, 0.4) is 0 Å². The summed E-state index contributed by atoms with van der Waals surface area (Å²) in [5, 5.41) is 7.38. The van der Waals surface area contributed by atoms with Crippen molar-refractivity contribution in [3.63, 3.8) is 0 Å². The molecule has 0 bridgehead atoms. The molecule has 0 spiro atoms. The van der Waals surface area contributed by atoms with Gasteiger partial charge in [-0.15, -0.1) is 0 Å². The number of rotatable bonds is 11. The van der Waals surface area contributed by atoms with E-state index in [4.69, 9.17) is 0 Å². The van der Waals surface area contributed by atoms with E-state index in [1.807, 2.05) is 0 Å². The van der Waals surface area contributed by atoms with Gasteiger partial charge in [0.2, 0.25) is 0 Å². The highest BCUT2D eigenvalue weighted by molar-refractivity contribution is 6.21. The second-order valence-corrected chi connectivity index (χ2v) is 19.5. The first-order valence-electron chi connectivity index (χ1n) is 26.0. The van der Waals surface area contributed by atoms with Crippen LogP contribution in [0.15, 0.2) is 290 Å². The van der Waals surface area contributed by atoms with Crippen molar-refractivity contribution in [1.29, 1.82) is 0 Å². The van der Waals surface area contributed by atoms with E-state index in [-0.39, 0.29) is 0 Å². The Morgan fingerprint density at radius 3 is 1.27 bits per heavy atom. The van der Waals surface area contributed by atoms with Crippen LogP contribution in [0.4, 0.5) is 34.1 Å². The number of hydrogen-bond acceptors (Lipinski definition) is 2. The lowest BCUT2D eigenvalue weighted by molar-refractivity contribution is 0.906. The van der Waals surface area contributed by atoms with Crippen LogP contribution in [-0.2, 0) is 0 Å². The Morgan fingerprint density at radius 2 is 0.716 bits per heavy atom. The zero-order valence-corrected chi connectivity index (χ0v) is 41.3. The van der Waals surface area contributed by atoms with Gasteiger partial charge in [-0.25, -0.2) is 0 Å². The summed E-state index contributed by atoms with van der Waals surface area (Å²) >= 11 is 0. The summed E-state index contributed by atoms with van der Waals surface area (Å²) in [6.45, 7) is 0. The maximum absolute atomic E-state index is 2.48. The van der Waals surface area contributed by atoms with Gasteiger partial charge in [-0.05, 0) is 193 Å². The molecule has 0 N–H and O–H groups in total. The largest absolute Gasteiger partial charge is 0.310 e. The number of nitrogens with zero attached hydrogens (tertiary/aromatic N) is 2. The average molecular weight is 947 g/mol. The van der Waals surface area contributed by atoms with Crippen molar-refractivity contribution in [2.45, 2.75) is 25.7 Å². The molecule has 0 aromatic heterocycles. The summed E-state index contributed by atoms with van der Waals surface area (Å²) in [5.41, 5.74) is 19.4. The van der Waals surface area contributed by atoms with Gasteiger partial charge in [0.25, 0.3) is 0 Å². The Kier molecular flexibility index (Phi) is 11.9. The van der Waals surface area contributed by atoms with Gasteiger partial charge in [0.1, 0.15) is 0 Å². The molecular weight excluding hydrogens is 893 g/mol. The minimum atomic E-state index is 0.947. The highest BCUT2D eigenvalue weighted by atomic mass is 15.1. The molecule has 0 atom stereocenters. The van der Waals surface area contributed by atoms with E-state index in [0.717, 1.165) is 59.8 Å². The fraction of sp³-hybridized carbons (Fsp3) is 0.0556. The number of allylic oxidation sites excluding steroid dienone is 8. The number of para-hydroxylation sites is 2. The minimum absolute atomic E-state index is 0.947. The smallest absolute Gasteiger partial charge is 0.0468 e. The fourth-order valence-corrected chi connectivity index (χ4v) is 11.4. The predicted molar refractivity (Wildman–Crippen MR) is 316 cm³/mol. The topological polar surface area (TPSA) is 6.48 Å². The summed E-state index contributed by atoms with van der Waals surface area (Å²) in [4.78, 5) is 4.85. The molecule has 2 nitrogen and oxygen atoms in total. The number of fused-ring (bicyclic) bond motifs is 3. The quantitative estimate of drug-likeness (QED) is 0.119. The lowest BCUT2D eigenvalue weighted by Gasteiger charge is -2.29. The van der Waals surface area contributed by atoms with Crippen LogP contribution in [-0.4, -0.2) is 0 Å². The molecule has 11 aromatic rings. The molecule has 74 heavy (non-hydrogen) atoms. The molecule has 0 saturated carbocycles. The SMILES string of the molecule is C1=CCCC(C2=CC=C(c3c4cc(N(c5ccccc5)c5cccc(-c6ccccc6)c5)ccc4c(-c4ccc5ccccc5c4)c4cc(N(c5ccccc5)c5cccc(-c6ccccc6)c5)ccc34)CC2)=C1. The standard InChI is InChI=1S/C72H54N2/c1-6-20-51(21-7-1)55-36-39-56(40-37-55)71-67-44-42-66(74(62-32-14-5-15-33-62)64-35-19-29-59(48-64)53-24-10-3-11-25-53)50-70(67)72(60-41-38-54-26-16-17-27-57(54)46-60)68-45-43-65(49-69(68)71)73(61-30-12-4-13-31-61)63-34-18-28-58(47-63)52-22-8-2-9-23-52/h1-6,8-20,22-36,38-39,41-50H,7,21,37,40H2. The molecule has 352 valence electrons. The number of benzene rings is 11. The van der Waals surface area contributed by atoms with Gasteiger partial charge in [0.05, 0.1) is 0 Å². The highest BCUT2D eigenvalue weighted by Gasteiger charge is 2.24. The summed E-state index contributed by atoms with van der Waals surface area (Å²) in [7, 11) is 0. The number of anilines is 6. The van der Waals surface area contributed by atoms with E-state index in [9.17, 15) is 0 Å². The second kappa shape index (κ2) is 19.8. The van der Waals surface area contributed by atoms with Gasteiger partial charge < -0.3 is 9.80 Å². The van der Waals surface area contributed by atoms with Crippen molar-refractivity contribution in [1.82, 2.24) is 0 Å². The maximum Gasteiger partial charge on any atom is 0.0468 e. The summed E-state index contributed by atoms with van der Waals surface area (Å²) < 4.78 is 0. The Hall–Kier alpha value is -9.24. The van der Waals surface area contributed by atoms with E-state index in [1.165, 1.54) is 88.0 Å². The van der Waals surface area contributed by atoms with Crippen LogP contribution < -0.4 is 9.80 Å². The van der Waals surface area contributed by atoms with Crippen LogP contribution in [0.5, 0.6) is 0 Å². The molecule has 0 unspecified atom stereocenters. The van der Waals surface area contributed by atoms with Crippen molar-refractivity contribution >= 4 is 72.0 Å². The lowest BCUT2D eigenvalue weighted by atomic mass is 9.81. The molecule has 2 heteroatoms. The van der Waals surface area contributed by atoms with Gasteiger partial charge in [0.15, 0.2) is 0 Å². The van der Waals surface area contributed by atoms with E-state index >= 15 is 0 Å². The fourth-order valence-electron chi connectivity index (χ4n) is 11.4. The van der Waals surface area contributed by atoms with Crippen molar-refractivity contribution in [2.75, 3.05) is 9.80 Å². The molecule has 13 rings (SSSR count). The van der Waals surface area contributed by atoms with Gasteiger partial charge in [0, 0.05) is 34.1 Å². The average Bonchev–Trinajstić information content (AvgIpc) is 3.48. The van der Waals surface area contributed by atoms with Gasteiger partial charge >= 0.3 is 0 Å². The molecule has 0 fully saturated rings. The van der Waals surface area contributed by atoms with E-state index in [0.29, 0.717) is 0 Å². The molecule has 11 aromatic carbocycles. The first-order valence-corrected chi connectivity index (χ1v) is 26.0. The molecule has 0 amide bonds. The molecule has 2 aliphatic carbocycles. The first kappa shape index (κ1) is 44.7. The van der Waals surface area contributed by atoms with Gasteiger partial charge in [-0.3, -0.25) is 0 Å². The Morgan fingerprint density at radius 1 is 0.257 bits per heavy atom. The van der Waals surface area contributed by atoms with E-state index < -0.39 is 0 Å². The Labute approximate surface area is 434 Å². The Balaban J connectivity index is 1.09. The van der Waals surface area contributed by atoms with E-state index in [2.05, 4.69) is 289 Å². The summed E-state index contributed by atoms with van der Waals surface area (Å²) in [5.74, 6) is 0. The normalized spacial score (nSPS) is 13.4. The highest BCUT2D eigenvalue weighted by Crippen LogP contribution is 2.49. The van der Waals surface area contributed by atoms with Gasteiger partial charge in [-0.2, -0.15) is 0 Å². The van der Waals surface area contributed by atoms with Crippen LogP contribution >= 0.6 is 0 Å². The van der Waals surface area contributed by atoms with Gasteiger partial charge in [-0.1, -0.05) is 200 Å². The van der Waals surface area contributed by atoms with Crippen molar-refractivity contribution in [2.24, 2.45) is 0 Å². The van der Waals surface area contributed by atoms with Crippen LogP contribution in [0.2, 0.25) is 0 Å². The molecular formula is C72H54N2. The first-order chi connectivity index (χ1) is 36.7. The van der Waals surface area contributed by atoms with Crippen LogP contribution in [0, 0.1) is 0 Å². The zero-order chi connectivity index (χ0) is 49.2. The third kappa shape index (κ3) is 8.61. The summed E-state index contributed by atoms with van der Waals surface area (Å²) in [6.07, 6.45) is 15.8. The number of hydrogen-bond donors (Lipinski definition) is 0. The third-order valence-corrected chi connectivity index (χ3v) is 15.0. The predicted octanol–water partition coefficient (Wildman–Crippen LogP) is 20.5. The molecule has 0 radical (unpaired) electrons. The summed E-state index contributed by atoms with van der Waals surface area (Å²) in [6, 6.07) is 91.2. The van der Waals surface area contributed by atoms with Crippen molar-refractivity contribution < 1.29 is 0 Å². The van der Waals surface area contributed by atoms with E-state index in [1.54, 1.807) is 0 Å². The molecule has 2 aliphatic rings. The Bertz CT molecular complexity index is 4000. The van der Waals surface area contributed by atoms with Crippen LogP contribution in [0.1, 0.15) is 31.2 Å². The third-order valence-electron chi connectivity index (χ3n) is 15.0. The minimum Gasteiger partial charge on any atom is -0.310 e. The zero-order valence-electron chi connectivity index (χ0n) is 41.3. The maximum atomic E-state index is 2.48. The van der Waals surface area contributed by atoms with Crippen molar-refractivity contribution in [3.8, 4) is 33.4 Å². The monoisotopic (exact) mass is 946 g/mol. The second-order valence-electron chi connectivity index (χ2n) is 19.5. The molecule has 0 saturated heterocycles.